The van der Waals surface area contributed by atoms with Gasteiger partial charge in [-0.2, -0.15) is 4.68 Å². The maximum absolute atomic E-state index is 6.18. The Morgan fingerprint density at radius 3 is 2.52 bits per heavy atom. The Morgan fingerprint density at radius 2 is 1.76 bits per heavy atom. The van der Waals surface area contributed by atoms with Crippen LogP contribution in [0.2, 0.25) is 10.0 Å². The summed E-state index contributed by atoms with van der Waals surface area (Å²) in [5, 5.41) is 13.8. The molecular formula is C14H10Cl2N4S. The zero-order valence-corrected chi connectivity index (χ0v) is 13.1. The molecule has 0 fully saturated rings. The number of para-hydroxylation sites is 1. The fraction of sp³-hybridized carbons (Fsp3) is 0.0714. The summed E-state index contributed by atoms with van der Waals surface area (Å²) in [4.78, 5) is 0. The fourth-order valence-electron chi connectivity index (χ4n) is 1.77. The number of nitrogens with zero attached hydrogens (tertiary/aromatic N) is 4. The van der Waals surface area contributed by atoms with Crippen molar-refractivity contribution in [1.82, 2.24) is 20.2 Å². The topological polar surface area (TPSA) is 43.6 Å². The van der Waals surface area contributed by atoms with Crippen molar-refractivity contribution in [1.29, 1.82) is 0 Å². The number of tetrazole rings is 1. The number of hydrogen-bond donors (Lipinski definition) is 0. The van der Waals surface area contributed by atoms with Crippen LogP contribution in [-0.4, -0.2) is 20.2 Å². The lowest BCUT2D eigenvalue weighted by Gasteiger charge is -2.06. The van der Waals surface area contributed by atoms with Crippen molar-refractivity contribution in [2.75, 3.05) is 0 Å². The van der Waals surface area contributed by atoms with Crippen LogP contribution in [0.15, 0.2) is 53.7 Å². The van der Waals surface area contributed by atoms with E-state index in [9.17, 15) is 0 Å². The van der Waals surface area contributed by atoms with Gasteiger partial charge < -0.3 is 0 Å². The van der Waals surface area contributed by atoms with E-state index in [2.05, 4.69) is 15.5 Å². The van der Waals surface area contributed by atoms with E-state index >= 15 is 0 Å². The average molecular weight is 337 g/mol. The van der Waals surface area contributed by atoms with Crippen molar-refractivity contribution < 1.29 is 0 Å². The Bertz CT molecular complexity index is 743. The third kappa shape index (κ3) is 3.37. The van der Waals surface area contributed by atoms with E-state index in [1.165, 1.54) is 0 Å². The van der Waals surface area contributed by atoms with Gasteiger partial charge >= 0.3 is 0 Å². The van der Waals surface area contributed by atoms with Crippen LogP contribution in [0, 0.1) is 0 Å². The van der Waals surface area contributed by atoms with Crippen LogP contribution in [-0.2, 0) is 5.75 Å². The summed E-state index contributed by atoms with van der Waals surface area (Å²) in [6.45, 7) is 0. The van der Waals surface area contributed by atoms with Crippen LogP contribution in [0.4, 0.5) is 0 Å². The normalized spacial score (nSPS) is 10.8. The summed E-state index contributed by atoms with van der Waals surface area (Å²) in [6, 6.07) is 15.2. The minimum atomic E-state index is 0.609. The van der Waals surface area contributed by atoms with Gasteiger partial charge in [-0.05, 0) is 40.3 Å². The van der Waals surface area contributed by atoms with E-state index in [1.54, 1.807) is 16.4 Å². The molecule has 0 aliphatic rings. The molecule has 1 heterocycles. The Hall–Kier alpha value is -1.56. The van der Waals surface area contributed by atoms with E-state index in [-0.39, 0.29) is 0 Å². The second-order valence-electron chi connectivity index (χ2n) is 4.24. The summed E-state index contributed by atoms with van der Waals surface area (Å²) in [6.07, 6.45) is 0. The second-order valence-corrected chi connectivity index (χ2v) is 6.03. The number of thioether (sulfide) groups is 1. The van der Waals surface area contributed by atoms with Gasteiger partial charge in [0.15, 0.2) is 0 Å². The number of halogens is 2. The van der Waals surface area contributed by atoms with Crippen molar-refractivity contribution in [3.8, 4) is 5.69 Å². The summed E-state index contributed by atoms with van der Waals surface area (Å²) in [5.74, 6) is 0.752. The van der Waals surface area contributed by atoms with Gasteiger partial charge in [-0.25, -0.2) is 0 Å². The number of benzene rings is 2. The van der Waals surface area contributed by atoms with E-state index < -0.39 is 0 Å². The highest BCUT2D eigenvalue weighted by Crippen LogP contribution is 2.26. The van der Waals surface area contributed by atoms with Gasteiger partial charge in [0.2, 0.25) is 5.16 Å². The quantitative estimate of drug-likeness (QED) is 0.667. The molecule has 0 spiro atoms. The SMILES string of the molecule is Clc1ccc(CSc2nnnn2-c2ccccc2Cl)cc1. The summed E-state index contributed by atoms with van der Waals surface area (Å²) in [5.41, 5.74) is 1.92. The molecule has 0 aliphatic heterocycles. The summed E-state index contributed by atoms with van der Waals surface area (Å²) >= 11 is 13.6. The number of rotatable bonds is 4. The lowest BCUT2D eigenvalue weighted by molar-refractivity contribution is 0.756. The van der Waals surface area contributed by atoms with Gasteiger partial charge in [0.25, 0.3) is 0 Å². The molecule has 0 atom stereocenters. The van der Waals surface area contributed by atoms with E-state index in [4.69, 9.17) is 23.2 Å². The third-order valence-electron chi connectivity index (χ3n) is 2.80. The van der Waals surface area contributed by atoms with Crippen LogP contribution in [0.25, 0.3) is 5.69 Å². The molecule has 4 nitrogen and oxygen atoms in total. The first-order chi connectivity index (χ1) is 10.2. The maximum Gasteiger partial charge on any atom is 0.214 e. The molecule has 0 radical (unpaired) electrons. The average Bonchev–Trinajstić information content (AvgIpc) is 2.95. The largest absolute Gasteiger partial charge is 0.214 e. The third-order valence-corrected chi connectivity index (χ3v) is 4.36. The van der Waals surface area contributed by atoms with Crippen LogP contribution >= 0.6 is 35.0 Å². The zero-order valence-electron chi connectivity index (χ0n) is 10.8. The molecule has 0 saturated heterocycles. The summed E-state index contributed by atoms with van der Waals surface area (Å²) < 4.78 is 1.64. The van der Waals surface area contributed by atoms with Gasteiger partial charge in [-0.15, -0.1) is 5.10 Å². The monoisotopic (exact) mass is 336 g/mol. The predicted octanol–water partition coefficient (Wildman–Crippen LogP) is 4.26. The van der Waals surface area contributed by atoms with Crippen LogP contribution in [0.3, 0.4) is 0 Å². The Labute approximate surface area is 136 Å². The van der Waals surface area contributed by atoms with Crippen molar-refractivity contribution >= 4 is 35.0 Å². The molecule has 0 unspecified atom stereocenters. The van der Waals surface area contributed by atoms with E-state index in [0.29, 0.717) is 10.2 Å². The van der Waals surface area contributed by atoms with E-state index in [1.807, 2.05) is 48.5 Å². The van der Waals surface area contributed by atoms with E-state index in [0.717, 1.165) is 22.0 Å². The van der Waals surface area contributed by atoms with Crippen molar-refractivity contribution in [2.45, 2.75) is 10.9 Å². The van der Waals surface area contributed by atoms with Gasteiger partial charge in [0, 0.05) is 10.8 Å². The smallest absolute Gasteiger partial charge is 0.186 e. The second kappa shape index (κ2) is 6.47. The molecule has 7 heteroatoms. The minimum absolute atomic E-state index is 0.609. The first kappa shape index (κ1) is 14.4. The van der Waals surface area contributed by atoms with Crippen LogP contribution in [0.1, 0.15) is 5.56 Å². The first-order valence-electron chi connectivity index (χ1n) is 6.14. The lowest BCUT2D eigenvalue weighted by Crippen LogP contribution is -1.99. The molecule has 106 valence electrons. The van der Waals surface area contributed by atoms with Crippen LogP contribution < -0.4 is 0 Å². The molecule has 3 rings (SSSR count). The molecule has 3 aromatic rings. The van der Waals surface area contributed by atoms with Crippen molar-refractivity contribution in [3.05, 3.63) is 64.1 Å². The predicted molar refractivity (Wildman–Crippen MR) is 85.2 cm³/mol. The van der Waals surface area contributed by atoms with Gasteiger partial charge in [0.05, 0.1) is 10.7 Å². The summed E-state index contributed by atoms with van der Waals surface area (Å²) in [7, 11) is 0. The van der Waals surface area contributed by atoms with Gasteiger partial charge in [0.1, 0.15) is 0 Å². The van der Waals surface area contributed by atoms with Crippen molar-refractivity contribution in [2.24, 2.45) is 0 Å². The fourth-order valence-corrected chi connectivity index (χ4v) is 2.95. The van der Waals surface area contributed by atoms with Crippen molar-refractivity contribution in [3.63, 3.8) is 0 Å². The minimum Gasteiger partial charge on any atom is -0.186 e. The molecule has 0 saturated carbocycles. The highest BCUT2D eigenvalue weighted by Gasteiger charge is 2.11. The lowest BCUT2D eigenvalue weighted by atomic mass is 10.2. The molecule has 0 aliphatic carbocycles. The highest BCUT2D eigenvalue weighted by molar-refractivity contribution is 7.98. The molecule has 2 aromatic carbocycles. The number of hydrogen-bond acceptors (Lipinski definition) is 4. The Morgan fingerprint density at radius 1 is 1.00 bits per heavy atom. The maximum atomic E-state index is 6.18. The van der Waals surface area contributed by atoms with Crippen LogP contribution in [0.5, 0.6) is 0 Å². The number of aromatic nitrogens is 4. The Kier molecular flexibility index (Phi) is 4.43. The first-order valence-corrected chi connectivity index (χ1v) is 7.89. The molecule has 0 N–H and O–H groups in total. The highest BCUT2D eigenvalue weighted by atomic mass is 35.5. The standard InChI is InChI=1S/C14H10Cl2N4S/c15-11-7-5-10(6-8-11)9-21-14-17-18-19-20(14)13-4-2-1-3-12(13)16/h1-8H,9H2. The van der Waals surface area contributed by atoms with Gasteiger partial charge in [-0.1, -0.05) is 59.2 Å². The molecule has 0 amide bonds. The molecule has 21 heavy (non-hydrogen) atoms. The zero-order chi connectivity index (χ0) is 14.7. The molecule has 0 bridgehead atoms. The van der Waals surface area contributed by atoms with Gasteiger partial charge in [-0.3, -0.25) is 0 Å². The molecule has 1 aromatic heterocycles. The Balaban J connectivity index is 1.80. The molecular weight excluding hydrogens is 327 g/mol.